The van der Waals surface area contributed by atoms with Gasteiger partial charge in [0.15, 0.2) is 6.61 Å². The van der Waals surface area contributed by atoms with Crippen LogP contribution in [-0.4, -0.2) is 37.3 Å². The third-order valence-corrected chi connectivity index (χ3v) is 4.75. The van der Waals surface area contributed by atoms with Crippen molar-refractivity contribution in [1.29, 1.82) is 0 Å². The summed E-state index contributed by atoms with van der Waals surface area (Å²) in [5.41, 5.74) is 8.19. The van der Waals surface area contributed by atoms with E-state index in [1.807, 2.05) is 24.3 Å². The Kier molecular flexibility index (Phi) is 7.53. The van der Waals surface area contributed by atoms with Crippen LogP contribution in [0.25, 0.3) is 0 Å². The molecule has 7 heteroatoms. The van der Waals surface area contributed by atoms with Gasteiger partial charge >= 0.3 is 6.18 Å². The third kappa shape index (κ3) is 6.13. The van der Waals surface area contributed by atoms with Gasteiger partial charge in [-0.15, -0.1) is 12.4 Å². The minimum Gasteiger partial charge on any atom is -0.484 e. The largest absolute Gasteiger partial charge is 0.484 e. The van der Waals surface area contributed by atoms with Crippen molar-refractivity contribution < 1.29 is 17.9 Å². The zero-order valence-electron chi connectivity index (χ0n) is 14.9. The lowest BCUT2D eigenvalue weighted by molar-refractivity contribution is -0.153. The van der Waals surface area contributed by atoms with Crippen LogP contribution in [0.3, 0.4) is 0 Å². The van der Waals surface area contributed by atoms with Gasteiger partial charge in [-0.1, -0.05) is 42.5 Å². The molecule has 0 spiro atoms. The van der Waals surface area contributed by atoms with E-state index in [1.165, 1.54) is 5.56 Å². The Balaban J connectivity index is 0.00000261. The molecule has 2 atom stereocenters. The monoisotopic (exact) mass is 400 g/mol. The average Bonchev–Trinajstić information content (AvgIpc) is 3.03. The van der Waals surface area contributed by atoms with E-state index >= 15 is 0 Å². The molecule has 0 aliphatic carbocycles. The van der Waals surface area contributed by atoms with Gasteiger partial charge < -0.3 is 10.5 Å². The fraction of sp³-hybridized carbons (Fsp3) is 0.400. The van der Waals surface area contributed by atoms with Crippen molar-refractivity contribution in [2.45, 2.75) is 18.6 Å². The van der Waals surface area contributed by atoms with Gasteiger partial charge in [0.2, 0.25) is 0 Å². The minimum absolute atomic E-state index is 0. The number of hydrogen-bond donors (Lipinski definition) is 1. The fourth-order valence-corrected chi connectivity index (χ4v) is 3.56. The summed E-state index contributed by atoms with van der Waals surface area (Å²) < 4.78 is 41.8. The first-order chi connectivity index (χ1) is 12.4. The molecule has 1 fully saturated rings. The minimum atomic E-state index is -4.33. The standard InChI is InChI=1S/C20H23F3N2O.ClH/c21-20(22,23)14-26-18-8-4-5-15(9-18)11-25-12-17(10-24)19(13-25)16-6-2-1-3-7-16;/h1-9,17,19H,10-14,24H2;1H/t17-,19+;/m1./s1. The fourth-order valence-electron chi connectivity index (χ4n) is 3.56. The first-order valence-electron chi connectivity index (χ1n) is 8.70. The molecule has 148 valence electrons. The van der Waals surface area contributed by atoms with Gasteiger partial charge in [0.1, 0.15) is 5.75 Å². The zero-order chi connectivity index (χ0) is 18.6. The Morgan fingerprint density at radius 1 is 1.04 bits per heavy atom. The first kappa shape index (κ1) is 21.5. The summed E-state index contributed by atoms with van der Waals surface area (Å²) in [5, 5.41) is 0. The number of ether oxygens (including phenoxy) is 1. The Morgan fingerprint density at radius 2 is 1.78 bits per heavy atom. The number of halogens is 4. The molecule has 0 radical (unpaired) electrons. The number of nitrogens with zero attached hydrogens (tertiary/aromatic N) is 1. The average molecular weight is 401 g/mol. The van der Waals surface area contributed by atoms with Crippen LogP contribution in [-0.2, 0) is 6.54 Å². The highest BCUT2D eigenvalue weighted by Gasteiger charge is 2.32. The van der Waals surface area contributed by atoms with Gasteiger partial charge in [0.05, 0.1) is 0 Å². The molecule has 0 aromatic heterocycles. The van der Waals surface area contributed by atoms with Crippen molar-refractivity contribution in [3.63, 3.8) is 0 Å². The molecule has 0 amide bonds. The number of benzene rings is 2. The summed E-state index contributed by atoms with van der Waals surface area (Å²) in [6.07, 6.45) is -4.33. The van der Waals surface area contributed by atoms with Gasteiger partial charge in [-0.2, -0.15) is 13.2 Å². The summed E-state index contributed by atoms with van der Waals surface area (Å²) in [6, 6.07) is 17.2. The van der Waals surface area contributed by atoms with Crippen LogP contribution in [0, 0.1) is 5.92 Å². The molecule has 1 aliphatic rings. The van der Waals surface area contributed by atoms with Gasteiger partial charge in [-0.05, 0) is 35.7 Å². The van der Waals surface area contributed by atoms with E-state index in [0.29, 0.717) is 24.9 Å². The first-order valence-corrected chi connectivity index (χ1v) is 8.70. The molecule has 0 bridgehead atoms. The van der Waals surface area contributed by atoms with Crippen LogP contribution >= 0.6 is 12.4 Å². The van der Waals surface area contributed by atoms with E-state index < -0.39 is 12.8 Å². The number of alkyl halides is 3. The lowest BCUT2D eigenvalue weighted by Crippen LogP contribution is -2.23. The van der Waals surface area contributed by atoms with E-state index in [1.54, 1.807) is 18.2 Å². The molecule has 3 nitrogen and oxygen atoms in total. The summed E-state index contributed by atoms with van der Waals surface area (Å²) in [5.74, 6) is 1.00. The quantitative estimate of drug-likeness (QED) is 0.788. The van der Waals surface area contributed by atoms with E-state index in [4.69, 9.17) is 10.5 Å². The maximum atomic E-state index is 12.3. The third-order valence-electron chi connectivity index (χ3n) is 4.75. The summed E-state index contributed by atoms with van der Waals surface area (Å²) >= 11 is 0. The second-order valence-electron chi connectivity index (χ2n) is 6.76. The van der Waals surface area contributed by atoms with Crippen LogP contribution in [0.15, 0.2) is 54.6 Å². The number of likely N-dealkylation sites (tertiary alicyclic amines) is 1. The molecular formula is C20H24ClF3N2O. The van der Waals surface area contributed by atoms with Crippen LogP contribution in [0.2, 0.25) is 0 Å². The highest BCUT2D eigenvalue weighted by molar-refractivity contribution is 5.85. The van der Waals surface area contributed by atoms with Crippen molar-refractivity contribution in [1.82, 2.24) is 4.90 Å². The number of rotatable bonds is 6. The van der Waals surface area contributed by atoms with Gasteiger partial charge in [0.25, 0.3) is 0 Å². The van der Waals surface area contributed by atoms with Gasteiger partial charge in [-0.3, -0.25) is 4.90 Å². The molecule has 2 aromatic carbocycles. The van der Waals surface area contributed by atoms with Gasteiger partial charge in [0, 0.05) is 25.6 Å². The van der Waals surface area contributed by atoms with E-state index in [2.05, 4.69) is 17.0 Å². The van der Waals surface area contributed by atoms with E-state index in [-0.39, 0.29) is 18.2 Å². The Bertz CT molecular complexity index is 712. The zero-order valence-corrected chi connectivity index (χ0v) is 15.7. The Labute approximate surface area is 163 Å². The second-order valence-corrected chi connectivity index (χ2v) is 6.76. The highest BCUT2D eigenvalue weighted by atomic mass is 35.5. The second kappa shape index (κ2) is 9.44. The molecule has 1 aliphatic heterocycles. The number of nitrogens with two attached hydrogens (primary N) is 1. The van der Waals surface area contributed by atoms with Crippen molar-refractivity contribution in [3.05, 3.63) is 65.7 Å². The molecule has 2 N–H and O–H groups in total. The van der Waals surface area contributed by atoms with Crippen molar-refractivity contribution >= 4 is 12.4 Å². The predicted octanol–water partition coefficient (Wildman–Crippen LogP) is 4.22. The molecule has 0 saturated carbocycles. The lowest BCUT2D eigenvalue weighted by atomic mass is 9.89. The summed E-state index contributed by atoms with van der Waals surface area (Å²) in [7, 11) is 0. The van der Waals surface area contributed by atoms with E-state index in [9.17, 15) is 13.2 Å². The van der Waals surface area contributed by atoms with Crippen molar-refractivity contribution in [2.75, 3.05) is 26.2 Å². The summed E-state index contributed by atoms with van der Waals surface area (Å²) in [4.78, 5) is 2.30. The maximum Gasteiger partial charge on any atom is 0.422 e. The molecule has 1 heterocycles. The maximum absolute atomic E-state index is 12.3. The SMILES string of the molecule is Cl.NC[C@@H]1CN(Cc2cccc(OCC(F)(F)F)c2)C[C@H]1c1ccccc1. The smallest absolute Gasteiger partial charge is 0.422 e. The van der Waals surface area contributed by atoms with Gasteiger partial charge in [-0.25, -0.2) is 0 Å². The predicted molar refractivity (Wildman–Crippen MR) is 102 cm³/mol. The lowest BCUT2D eigenvalue weighted by Gasteiger charge is -2.17. The van der Waals surface area contributed by atoms with Crippen molar-refractivity contribution in [3.8, 4) is 5.75 Å². The Hall–Kier alpha value is -1.76. The van der Waals surface area contributed by atoms with Crippen molar-refractivity contribution in [2.24, 2.45) is 11.7 Å². The van der Waals surface area contributed by atoms with Crippen LogP contribution in [0.4, 0.5) is 13.2 Å². The summed E-state index contributed by atoms with van der Waals surface area (Å²) in [6.45, 7) is 1.78. The molecule has 3 rings (SSSR count). The van der Waals surface area contributed by atoms with E-state index in [0.717, 1.165) is 18.7 Å². The normalized spacial score (nSPS) is 20.3. The number of hydrogen-bond acceptors (Lipinski definition) is 3. The van der Waals surface area contributed by atoms with Crippen LogP contribution in [0.5, 0.6) is 5.75 Å². The highest BCUT2D eigenvalue weighted by Crippen LogP contribution is 2.33. The topological polar surface area (TPSA) is 38.5 Å². The Morgan fingerprint density at radius 3 is 2.44 bits per heavy atom. The molecule has 0 unspecified atom stereocenters. The molecule has 1 saturated heterocycles. The molecular weight excluding hydrogens is 377 g/mol. The van der Waals surface area contributed by atoms with Crippen LogP contribution < -0.4 is 10.5 Å². The molecule has 2 aromatic rings. The molecule has 27 heavy (non-hydrogen) atoms. The van der Waals surface area contributed by atoms with Crippen LogP contribution in [0.1, 0.15) is 17.0 Å².